The predicted octanol–water partition coefficient (Wildman–Crippen LogP) is 1.80. The highest BCUT2D eigenvalue weighted by Gasteiger charge is 2.23. The van der Waals surface area contributed by atoms with Crippen molar-refractivity contribution in [2.24, 2.45) is 5.92 Å². The third-order valence-electron chi connectivity index (χ3n) is 4.15. The maximum atomic E-state index is 12.3. The highest BCUT2D eigenvalue weighted by Crippen LogP contribution is 2.21. The number of carbonyl (C=O) groups is 2. The van der Waals surface area contributed by atoms with Gasteiger partial charge in [0, 0.05) is 5.69 Å². The smallest absolute Gasteiger partial charge is 0.240 e. The second kappa shape index (κ2) is 6.41. The van der Waals surface area contributed by atoms with Gasteiger partial charge in [-0.3, -0.25) is 9.59 Å². The maximum Gasteiger partial charge on any atom is 0.240 e. The van der Waals surface area contributed by atoms with Gasteiger partial charge in [-0.2, -0.15) is 0 Å². The van der Waals surface area contributed by atoms with E-state index in [1.807, 2.05) is 25.3 Å². The van der Waals surface area contributed by atoms with Crippen LogP contribution in [0.25, 0.3) is 0 Å². The molecule has 5 nitrogen and oxygen atoms in total. The summed E-state index contributed by atoms with van der Waals surface area (Å²) in [5, 5.41) is 2.85. The summed E-state index contributed by atoms with van der Waals surface area (Å²) >= 11 is 0. The second-order valence-corrected chi connectivity index (χ2v) is 6.25. The van der Waals surface area contributed by atoms with Crippen LogP contribution < -0.4 is 5.32 Å². The number of nitrogens with zero attached hydrogens (tertiary/aromatic N) is 2. The van der Waals surface area contributed by atoms with Crippen molar-refractivity contribution >= 4 is 11.7 Å². The number of Topliss-reactive ketones (excluding diaryl/α,β-unsaturated/α-hetero) is 1. The summed E-state index contributed by atoms with van der Waals surface area (Å²) in [5.74, 6) is 0.880. The first-order valence-corrected chi connectivity index (χ1v) is 7.74. The first kappa shape index (κ1) is 15.7. The van der Waals surface area contributed by atoms with Crippen LogP contribution in [0, 0.1) is 12.8 Å². The average molecular weight is 291 g/mol. The molecule has 1 aromatic heterocycles. The molecule has 0 radical (unpaired) electrons. The molecule has 0 bridgehead atoms. The van der Waals surface area contributed by atoms with Gasteiger partial charge in [0.25, 0.3) is 0 Å². The predicted molar refractivity (Wildman–Crippen MR) is 81.1 cm³/mol. The van der Waals surface area contributed by atoms with Gasteiger partial charge in [0.1, 0.15) is 12.4 Å². The Balaban J connectivity index is 2.09. The van der Waals surface area contributed by atoms with Crippen molar-refractivity contribution in [3.8, 4) is 0 Å². The molecule has 1 N–H and O–H groups in total. The van der Waals surface area contributed by atoms with Gasteiger partial charge < -0.3 is 9.88 Å². The van der Waals surface area contributed by atoms with Gasteiger partial charge in [0.05, 0.1) is 11.7 Å². The van der Waals surface area contributed by atoms with Crippen LogP contribution in [0.4, 0.5) is 0 Å². The highest BCUT2D eigenvalue weighted by molar-refractivity contribution is 5.87. The summed E-state index contributed by atoms with van der Waals surface area (Å²) in [7, 11) is 0. The molecule has 0 aliphatic heterocycles. The van der Waals surface area contributed by atoms with E-state index >= 15 is 0 Å². The Morgan fingerprint density at radius 3 is 2.57 bits per heavy atom. The van der Waals surface area contributed by atoms with Crippen LogP contribution in [0.1, 0.15) is 50.8 Å². The molecule has 2 rings (SSSR count). The van der Waals surface area contributed by atoms with E-state index < -0.39 is 6.04 Å². The molecule has 1 atom stereocenters. The Kier molecular flexibility index (Phi) is 4.80. The van der Waals surface area contributed by atoms with Gasteiger partial charge in [0.15, 0.2) is 5.78 Å². The number of amides is 1. The zero-order valence-electron chi connectivity index (χ0n) is 13.4. The maximum absolute atomic E-state index is 12.3. The minimum absolute atomic E-state index is 0.00253. The summed E-state index contributed by atoms with van der Waals surface area (Å²) in [4.78, 5) is 28.4. The molecule has 0 aromatic carbocycles. The number of fused-ring (bicyclic) bond motifs is 1. The summed E-state index contributed by atoms with van der Waals surface area (Å²) in [6, 6.07) is -0.405. The minimum Gasteiger partial charge on any atom is -0.344 e. The zero-order valence-corrected chi connectivity index (χ0v) is 13.4. The topological polar surface area (TPSA) is 64.0 Å². The molecule has 0 saturated carbocycles. The quantitative estimate of drug-likeness (QED) is 0.899. The van der Waals surface area contributed by atoms with Crippen molar-refractivity contribution in [1.82, 2.24) is 14.9 Å². The third kappa shape index (κ3) is 3.52. The van der Waals surface area contributed by atoms with Crippen LogP contribution in [0.2, 0.25) is 0 Å². The highest BCUT2D eigenvalue weighted by atomic mass is 16.2. The van der Waals surface area contributed by atoms with Crippen molar-refractivity contribution in [2.75, 3.05) is 0 Å². The summed E-state index contributed by atoms with van der Waals surface area (Å²) < 4.78 is 2.00. The number of carbonyl (C=O) groups excluding carboxylic acids is 2. The Bertz CT molecular complexity index is 546. The molecule has 1 aromatic rings. The van der Waals surface area contributed by atoms with Crippen LogP contribution >= 0.6 is 0 Å². The normalized spacial score (nSPS) is 15.7. The lowest BCUT2D eigenvalue weighted by Gasteiger charge is -2.20. The zero-order chi connectivity index (χ0) is 15.6. The number of rotatable bonds is 5. The molecule has 5 heteroatoms. The van der Waals surface area contributed by atoms with Crippen LogP contribution in [0.3, 0.4) is 0 Å². The van der Waals surface area contributed by atoms with Crippen LogP contribution in [-0.2, 0) is 29.0 Å². The number of hydrogen-bond acceptors (Lipinski definition) is 3. The molecule has 116 valence electrons. The molecule has 0 spiro atoms. The van der Waals surface area contributed by atoms with Crippen LogP contribution in [0.15, 0.2) is 0 Å². The molecular weight excluding hydrogens is 266 g/mol. The number of imidazole rings is 1. The summed E-state index contributed by atoms with van der Waals surface area (Å²) in [6.45, 7) is 7.60. The summed E-state index contributed by atoms with van der Waals surface area (Å²) in [5.41, 5.74) is 2.33. The average Bonchev–Trinajstić information content (AvgIpc) is 2.72. The molecule has 1 unspecified atom stereocenters. The van der Waals surface area contributed by atoms with Gasteiger partial charge >= 0.3 is 0 Å². The van der Waals surface area contributed by atoms with E-state index in [2.05, 4.69) is 10.3 Å². The van der Waals surface area contributed by atoms with E-state index in [4.69, 9.17) is 0 Å². The number of hydrogen-bond donors (Lipinski definition) is 1. The molecule has 1 amide bonds. The lowest BCUT2D eigenvalue weighted by molar-refractivity contribution is -0.128. The second-order valence-electron chi connectivity index (χ2n) is 6.25. The number of ketones is 1. The van der Waals surface area contributed by atoms with E-state index in [1.165, 1.54) is 19.0 Å². The Morgan fingerprint density at radius 2 is 1.95 bits per heavy atom. The first-order chi connectivity index (χ1) is 9.90. The van der Waals surface area contributed by atoms with E-state index in [0.717, 1.165) is 30.8 Å². The number of aromatic nitrogens is 2. The van der Waals surface area contributed by atoms with Crippen molar-refractivity contribution in [2.45, 2.75) is 66.0 Å². The third-order valence-corrected chi connectivity index (χ3v) is 4.15. The van der Waals surface area contributed by atoms with Crippen molar-refractivity contribution in [1.29, 1.82) is 0 Å². The van der Waals surface area contributed by atoms with E-state index in [-0.39, 0.29) is 24.2 Å². The molecule has 1 heterocycles. The molecule has 21 heavy (non-hydrogen) atoms. The lowest BCUT2D eigenvalue weighted by Crippen LogP contribution is -2.44. The largest absolute Gasteiger partial charge is 0.344 e. The van der Waals surface area contributed by atoms with Crippen LogP contribution in [-0.4, -0.2) is 27.3 Å². The Hall–Kier alpha value is -1.65. The first-order valence-electron chi connectivity index (χ1n) is 7.74. The Labute approximate surface area is 126 Å². The SMILES string of the molecule is CC(=O)C(NC(=O)Cn1c(C)nc2c1CCCC2)C(C)C. The minimum atomic E-state index is -0.405. The monoisotopic (exact) mass is 291 g/mol. The van der Waals surface area contributed by atoms with E-state index in [1.54, 1.807) is 0 Å². The van der Waals surface area contributed by atoms with Crippen molar-refractivity contribution in [3.05, 3.63) is 17.2 Å². The van der Waals surface area contributed by atoms with Gasteiger partial charge in [-0.15, -0.1) is 0 Å². The molecule has 1 aliphatic carbocycles. The molecule has 1 aliphatic rings. The molecule has 0 fully saturated rings. The molecule has 0 saturated heterocycles. The lowest BCUT2D eigenvalue weighted by atomic mass is 10.0. The van der Waals surface area contributed by atoms with Crippen molar-refractivity contribution < 1.29 is 9.59 Å². The van der Waals surface area contributed by atoms with Gasteiger partial charge in [-0.05, 0) is 45.4 Å². The number of nitrogens with one attached hydrogen (secondary N) is 1. The van der Waals surface area contributed by atoms with E-state index in [0.29, 0.717) is 0 Å². The fourth-order valence-corrected chi connectivity index (χ4v) is 3.05. The molecular formula is C16H25N3O2. The Morgan fingerprint density at radius 1 is 1.29 bits per heavy atom. The fraction of sp³-hybridized carbons (Fsp3) is 0.688. The van der Waals surface area contributed by atoms with Gasteiger partial charge in [-0.25, -0.2) is 4.98 Å². The summed E-state index contributed by atoms with van der Waals surface area (Å²) in [6.07, 6.45) is 4.33. The fourth-order valence-electron chi connectivity index (χ4n) is 3.05. The van der Waals surface area contributed by atoms with E-state index in [9.17, 15) is 9.59 Å². The standard InChI is InChI=1S/C16H25N3O2/c1-10(2)16(11(3)20)18-15(21)9-19-12(4)17-13-7-5-6-8-14(13)19/h10,16H,5-9H2,1-4H3,(H,18,21). The van der Waals surface area contributed by atoms with Crippen LogP contribution in [0.5, 0.6) is 0 Å². The number of aryl methyl sites for hydroxylation is 2. The van der Waals surface area contributed by atoms with Gasteiger partial charge in [-0.1, -0.05) is 13.8 Å². The van der Waals surface area contributed by atoms with Gasteiger partial charge in [0.2, 0.25) is 5.91 Å². The van der Waals surface area contributed by atoms with Crippen molar-refractivity contribution in [3.63, 3.8) is 0 Å².